The van der Waals surface area contributed by atoms with Gasteiger partial charge >= 0.3 is 0 Å². The third kappa shape index (κ3) is 5.01. The number of benzene rings is 1. The van der Waals surface area contributed by atoms with Gasteiger partial charge in [-0.3, -0.25) is 24.1 Å². The second-order valence-corrected chi connectivity index (χ2v) is 9.24. The van der Waals surface area contributed by atoms with E-state index in [0.29, 0.717) is 12.8 Å². The van der Waals surface area contributed by atoms with Crippen LogP contribution in [0.1, 0.15) is 25.3 Å². The summed E-state index contributed by atoms with van der Waals surface area (Å²) in [6, 6.07) is 11.3. The number of para-hydroxylation sites is 1. The molecule has 0 spiro atoms. The van der Waals surface area contributed by atoms with Gasteiger partial charge in [0.05, 0.1) is 23.4 Å². The van der Waals surface area contributed by atoms with Crippen LogP contribution in [-0.4, -0.2) is 68.5 Å². The summed E-state index contributed by atoms with van der Waals surface area (Å²) in [4.78, 5) is 43.5. The van der Waals surface area contributed by atoms with E-state index in [1.807, 2.05) is 47.4 Å². The fourth-order valence-electron chi connectivity index (χ4n) is 4.77. The van der Waals surface area contributed by atoms with Crippen LogP contribution < -0.4 is 5.73 Å². The number of hydrogen-bond donors (Lipinski definition) is 1. The topological polar surface area (TPSA) is 124 Å². The van der Waals surface area contributed by atoms with Crippen LogP contribution in [0.4, 0.5) is 0 Å². The molecule has 0 aliphatic carbocycles. The lowest BCUT2D eigenvalue weighted by Gasteiger charge is -2.28. The summed E-state index contributed by atoms with van der Waals surface area (Å²) in [5, 5.41) is 5.68. The number of primary amides is 1. The maximum atomic E-state index is 12.6. The molecule has 0 radical (unpaired) electrons. The number of carbonyl (C=O) groups is 3. The van der Waals surface area contributed by atoms with Crippen molar-refractivity contribution in [1.29, 1.82) is 0 Å². The molecule has 1 aromatic carbocycles. The van der Waals surface area contributed by atoms with Gasteiger partial charge in [0, 0.05) is 48.3 Å². The molecule has 0 saturated carbocycles. The molecule has 2 atom stereocenters. The molecule has 4 heterocycles. The lowest BCUT2D eigenvalue weighted by molar-refractivity contribution is -0.136. The number of ether oxygens (including phenoxy) is 1. The lowest BCUT2D eigenvalue weighted by Crippen LogP contribution is -2.46. The highest BCUT2D eigenvalue weighted by Crippen LogP contribution is 2.28. The lowest BCUT2D eigenvalue weighted by atomic mass is 10.1. The highest BCUT2D eigenvalue weighted by atomic mass is 16.5. The maximum absolute atomic E-state index is 12.6. The Morgan fingerprint density at radius 3 is 2.92 bits per heavy atom. The molecule has 1 saturated heterocycles. The number of fused-ring (bicyclic) bond motifs is 1. The van der Waals surface area contributed by atoms with Crippen LogP contribution in [0, 0.1) is 0 Å². The molecule has 10 nitrogen and oxygen atoms in total. The molecule has 190 valence electrons. The van der Waals surface area contributed by atoms with Crippen LogP contribution in [0.25, 0.3) is 22.2 Å². The minimum absolute atomic E-state index is 0.103. The van der Waals surface area contributed by atoms with Crippen molar-refractivity contribution in [2.24, 2.45) is 5.73 Å². The number of likely N-dealkylation sites (tertiary alicyclic amines) is 1. The Morgan fingerprint density at radius 2 is 2.11 bits per heavy atom. The molecule has 2 aromatic heterocycles. The zero-order valence-electron chi connectivity index (χ0n) is 20.3. The second-order valence-electron chi connectivity index (χ2n) is 9.24. The predicted molar refractivity (Wildman–Crippen MR) is 136 cm³/mol. The zero-order valence-corrected chi connectivity index (χ0v) is 20.3. The Hall–Kier alpha value is -4.31. The highest BCUT2D eigenvalue weighted by molar-refractivity contribution is 6.02. The van der Waals surface area contributed by atoms with E-state index in [2.05, 4.69) is 22.6 Å². The van der Waals surface area contributed by atoms with Crippen molar-refractivity contribution < 1.29 is 19.1 Å². The van der Waals surface area contributed by atoms with Crippen molar-refractivity contribution in [3.05, 3.63) is 72.9 Å². The Morgan fingerprint density at radius 1 is 1.27 bits per heavy atom. The monoisotopic (exact) mass is 500 g/mol. The molecule has 2 aliphatic rings. The van der Waals surface area contributed by atoms with E-state index >= 15 is 0 Å². The molecule has 2 amide bonds. The van der Waals surface area contributed by atoms with Crippen LogP contribution >= 0.6 is 0 Å². The average molecular weight is 501 g/mol. The quantitative estimate of drug-likeness (QED) is 0.335. The molecule has 2 aliphatic heterocycles. The average Bonchev–Trinajstić information content (AvgIpc) is 3.63. The van der Waals surface area contributed by atoms with Gasteiger partial charge in [-0.1, -0.05) is 30.8 Å². The van der Waals surface area contributed by atoms with Gasteiger partial charge in [0.2, 0.25) is 5.91 Å². The first-order chi connectivity index (χ1) is 17.9. The number of aromatic nitrogens is 3. The van der Waals surface area contributed by atoms with E-state index < -0.39 is 17.9 Å². The van der Waals surface area contributed by atoms with Crippen molar-refractivity contribution >= 4 is 29.0 Å². The third-order valence-corrected chi connectivity index (χ3v) is 6.74. The number of nitrogens with two attached hydrogens (primary N) is 1. The number of aldehydes is 1. The summed E-state index contributed by atoms with van der Waals surface area (Å²) in [6.07, 6.45) is 7.15. The first kappa shape index (κ1) is 24.4. The fourth-order valence-corrected chi connectivity index (χ4v) is 4.77. The van der Waals surface area contributed by atoms with Gasteiger partial charge in [-0.25, -0.2) is 4.98 Å². The first-order valence-electron chi connectivity index (χ1n) is 12.2. The maximum Gasteiger partial charge on any atom is 0.260 e. The summed E-state index contributed by atoms with van der Waals surface area (Å²) in [7, 11) is 0. The standard InChI is InChI=1S/C27H28N6O4/c1-18-13-25(33(27(18)36)24(26(28)35)7-4-12-34)37-17-31-11-10-21(16-31)32-15-20(14-29-32)23-9-8-19-5-2-3-6-22(19)30-23/h2-3,5-6,8-9,12-15,21,24H,1,4,7,10-11,16-17H2,(H2,28,35). The van der Waals surface area contributed by atoms with Crippen molar-refractivity contribution in [1.82, 2.24) is 24.6 Å². The normalized spacial score (nSPS) is 18.9. The summed E-state index contributed by atoms with van der Waals surface area (Å²) < 4.78 is 7.91. The van der Waals surface area contributed by atoms with E-state index in [9.17, 15) is 14.4 Å². The van der Waals surface area contributed by atoms with Gasteiger partial charge in [0.1, 0.15) is 19.1 Å². The van der Waals surface area contributed by atoms with E-state index in [0.717, 1.165) is 35.1 Å². The van der Waals surface area contributed by atoms with Crippen molar-refractivity contribution in [2.75, 3.05) is 19.8 Å². The molecule has 2 N–H and O–H groups in total. The number of rotatable bonds is 10. The molecule has 5 rings (SSSR count). The Bertz CT molecular complexity index is 1400. The molecule has 1 fully saturated rings. The van der Waals surface area contributed by atoms with E-state index in [1.54, 1.807) is 0 Å². The first-order valence-corrected chi connectivity index (χ1v) is 12.2. The fraction of sp³-hybridized carbons (Fsp3) is 0.296. The van der Waals surface area contributed by atoms with Gasteiger partial charge in [-0.15, -0.1) is 0 Å². The Balaban J connectivity index is 1.22. The number of pyridine rings is 1. The van der Waals surface area contributed by atoms with Crippen LogP contribution in [-0.2, 0) is 19.1 Å². The van der Waals surface area contributed by atoms with Crippen LogP contribution in [0.15, 0.2) is 72.9 Å². The summed E-state index contributed by atoms with van der Waals surface area (Å²) in [6.45, 7) is 5.44. The number of carbonyl (C=O) groups excluding carboxylic acids is 3. The zero-order chi connectivity index (χ0) is 25.9. The Kier molecular flexibility index (Phi) is 6.82. The minimum Gasteiger partial charge on any atom is -0.463 e. The summed E-state index contributed by atoms with van der Waals surface area (Å²) in [5.74, 6) is -0.928. The highest BCUT2D eigenvalue weighted by Gasteiger charge is 2.37. The van der Waals surface area contributed by atoms with Gasteiger partial charge in [-0.05, 0) is 25.0 Å². The van der Waals surface area contributed by atoms with Crippen LogP contribution in [0.3, 0.4) is 0 Å². The van der Waals surface area contributed by atoms with Crippen LogP contribution in [0.5, 0.6) is 0 Å². The van der Waals surface area contributed by atoms with Gasteiger partial charge < -0.3 is 15.3 Å². The van der Waals surface area contributed by atoms with E-state index in [4.69, 9.17) is 15.5 Å². The number of amides is 2. The minimum atomic E-state index is -0.972. The number of hydrogen-bond acceptors (Lipinski definition) is 7. The molecule has 10 heteroatoms. The molecule has 3 aromatic rings. The number of nitrogens with zero attached hydrogens (tertiary/aromatic N) is 5. The molecule has 2 unspecified atom stereocenters. The van der Waals surface area contributed by atoms with Gasteiger partial charge in [-0.2, -0.15) is 5.10 Å². The van der Waals surface area contributed by atoms with Crippen molar-refractivity contribution in [2.45, 2.75) is 31.3 Å². The molecular weight excluding hydrogens is 472 g/mol. The smallest absolute Gasteiger partial charge is 0.260 e. The molecule has 0 bridgehead atoms. The van der Waals surface area contributed by atoms with Crippen molar-refractivity contribution in [3.8, 4) is 11.3 Å². The van der Waals surface area contributed by atoms with Crippen molar-refractivity contribution in [3.63, 3.8) is 0 Å². The Labute approximate surface area is 214 Å². The summed E-state index contributed by atoms with van der Waals surface area (Å²) in [5.41, 5.74) is 8.49. The molecular formula is C27H28N6O4. The molecule has 37 heavy (non-hydrogen) atoms. The third-order valence-electron chi connectivity index (χ3n) is 6.74. The summed E-state index contributed by atoms with van der Waals surface area (Å²) >= 11 is 0. The SMILES string of the molecule is C=C1C=C(OCN2CCC(n3cc(-c4ccc5ccccc5n4)cn3)C2)N(C(CCC=O)C(N)=O)C1=O. The van der Waals surface area contributed by atoms with Gasteiger partial charge in [0.25, 0.3) is 5.91 Å². The second kappa shape index (κ2) is 10.4. The van der Waals surface area contributed by atoms with Crippen LogP contribution in [0.2, 0.25) is 0 Å². The largest absolute Gasteiger partial charge is 0.463 e. The van der Waals surface area contributed by atoms with E-state index in [-0.39, 0.29) is 37.1 Å². The van der Waals surface area contributed by atoms with E-state index in [1.165, 1.54) is 11.0 Å². The predicted octanol–water partition coefficient (Wildman–Crippen LogP) is 2.39. The van der Waals surface area contributed by atoms with Gasteiger partial charge in [0.15, 0.2) is 5.88 Å².